The largest absolute Gasteiger partial charge is 0.488 e. The zero-order valence-corrected chi connectivity index (χ0v) is 15.6. The lowest BCUT2D eigenvalue weighted by Crippen LogP contribution is -2.39. The van der Waals surface area contributed by atoms with Crippen LogP contribution in [0.1, 0.15) is 17.9 Å². The van der Waals surface area contributed by atoms with Crippen LogP contribution in [0.25, 0.3) is 10.1 Å². The van der Waals surface area contributed by atoms with Crippen molar-refractivity contribution in [2.75, 3.05) is 17.8 Å². The van der Waals surface area contributed by atoms with Crippen LogP contribution in [-0.4, -0.2) is 27.6 Å². The lowest BCUT2D eigenvalue weighted by Gasteiger charge is -2.24. The topological polar surface area (TPSA) is 67.4 Å². The van der Waals surface area contributed by atoms with E-state index in [1.54, 1.807) is 12.1 Å². The molecular formula is C19H18N2O3S2. The van der Waals surface area contributed by atoms with Crippen molar-refractivity contribution in [3.8, 4) is 5.75 Å². The Bertz CT molecular complexity index is 1060. The zero-order chi connectivity index (χ0) is 17.7. The molecule has 0 spiro atoms. The first-order valence-electron chi connectivity index (χ1n) is 8.63. The normalized spacial score (nSPS) is 21.8. The molecule has 2 atom stereocenters. The molecule has 0 saturated carbocycles. The van der Waals surface area contributed by atoms with Crippen molar-refractivity contribution in [3.63, 3.8) is 0 Å². The maximum absolute atomic E-state index is 12.8. The fourth-order valence-corrected chi connectivity index (χ4v) is 6.22. The van der Waals surface area contributed by atoms with Crippen LogP contribution in [0.15, 0.2) is 52.7 Å². The number of fused-ring (bicyclic) bond motifs is 4. The molecule has 3 heterocycles. The molecule has 5 nitrogen and oxygen atoms in total. The second-order valence-electron chi connectivity index (χ2n) is 6.72. The monoisotopic (exact) mass is 386 g/mol. The standard InChI is InChI=1S/C19H18N2O3S2/c22-26(23,19-9-12-3-1-2-4-18(12)25-19)21-13-5-6-16-15(10-13)14-7-8-20-11-17(14)24-16/h1-6,9-10,14,17,20-21H,7-8,11H2. The minimum Gasteiger partial charge on any atom is -0.488 e. The minimum atomic E-state index is -3.61. The van der Waals surface area contributed by atoms with E-state index >= 15 is 0 Å². The molecule has 3 aromatic rings. The van der Waals surface area contributed by atoms with Crippen molar-refractivity contribution >= 4 is 37.1 Å². The van der Waals surface area contributed by atoms with Gasteiger partial charge in [-0.2, -0.15) is 0 Å². The highest BCUT2D eigenvalue weighted by Gasteiger charge is 2.36. The van der Waals surface area contributed by atoms with E-state index in [9.17, 15) is 8.42 Å². The van der Waals surface area contributed by atoms with E-state index in [2.05, 4.69) is 10.0 Å². The maximum Gasteiger partial charge on any atom is 0.271 e. The number of hydrogen-bond donors (Lipinski definition) is 2. The van der Waals surface area contributed by atoms with Gasteiger partial charge in [-0.1, -0.05) is 18.2 Å². The molecule has 0 aliphatic carbocycles. The molecule has 5 rings (SSSR count). The summed E-state index contributed by atoms with van der Waals surface area (Å²) in [6.45, 7) is 1.80. The summed E-state index contributed by atoms with van der Waals surface area (Å²) in [6.07, 6.45) is 1.15. The van der Waals surface area contributed by atoms with E-state index in [1.807, 2.05) is 36.4 Å². The Kier molecular flexibility index (Phi) is 3.70. The third-order valence-electron chi connectivity index (χ3n) is 5.03. The average molecular weight is 386 g/mol. The van der Waals surface area contributed by atoms with Gasteiger partial charge in [0.2, 0.25) is 0 Å². The van der Waals surface area contributed by atoms with Crippen LogP contribution in [0.5, 0.6) is 5.75 Å². The minimum absolute atomic E-state index is 0.146. The number of benzene rings is 2. The Hall–Kier alpha value is -2.09. The van der Waals surface area contributed by atoms with Gasteiger partial charge in [0.1, 0.15) is 16.1 Å². The molecular weight excluding hydrogens is 368 g/mol. The zero-order valence-electron chi connectivity index (χ0n) is 13.9. The van der Waals surface area contributed by atoms with Crippen molar-refractivity contribution in [2.45, 2.75) is 22.7 Å². The Morgan fingerprint density at radius 3 is 2.92 bits per heavy atom. The molecule has 1 saturated heterocycles. The SMILES string of the molecule is O=S(=O)(Nc1ccc2c(c1)C1CCNCC1O2)c1cc2ccccc2s1. The number of hydrogen-bond acceptors (Lipinski definition) is 5. The Balaban J connectivity index is 1.46. The van der Waals surface area contributed by atoms with Gasteiger partial charge < -0.3 is 10.1 Å². The number of ether oxygens (including phenoxy) is 1. The number of anilines is 1. The van der Waals surface area contributed by atoms with Crippen molar-refractivity contribution in [2.24, 2.45) is 0 Å². The van der Waals surface area contributed by atoms with Crippen LogP contribution in [0.3, 0.4) is 0 Å². The van der Waals surface area contributed by atoms with Gasteiger partial charge in [0.05, 0.1) is 0 Å². The predicted octanol–water partition coefficient (Wildman–Crippen LogP) is 3.54. The van der Waals surface area contributed by atoms with Crippen molar-refractivity contribution < 1.29 is 13.2 Å². The highest BCUT2D eigenvalue weighted by molar-refractivity contribution is 7.94. The summed E-state index contributed by atoms with van der Waals surface area (Å²) in [7, 11) is -3.61. The maximum atomic E-state index is 12.8. The molecule has 0 radical (unpaired) electrons. The van der Waals surface area contributed by atoms with Gasteiger partial charge in [0.25, 0.3) is 10.0 Å². The summed E-state index contributed by atoms with van der Waals surface area (Å²) in [5.74, 6) is 1.20. The number of piperidine rings is 1. The average Bonchev–Trinajstić information content (AvgIpc) is 3.23. The van der Waals surface area contributed by atoms with Crippen LogP contribution in [0, 0.1) is 0 Å². The van der Waals surface area contributed by atoms with E-state index < -0.39 is 10.0 Å². The summed E-state index contributed by atoms with van der Waals surface area (Å²) >= 11 is 1.28. The highest BCUT2D eigenvalue weighted by atomic mass is 32.2. The summed E-state index contributed by atoms with van der Waals surface area (Å²) in [6, 6.07) is 15.0. The van der Waals surface area contributed by atoms with E-state index in [4.69, 9.17) is 4.74 Å². The second kappa shape index (κ2) is 5.97. The quantitative estimate of drug-likeness (QED) is 0.723. The third kappa shape index (κ3) is 2.67. The lowest BCUT2D eigenvalue weighted by atomic mass is 9.89. The Morgan fingerprint density at radius 1 is 1.15 bits per heavy atom. The molecule has 0 amide bonds. The van der Waals surface area contributed by atoms with Gasteiger partial charge in [0, 0.05) is 28.4 Å². The van der Waals surface area contributed by atoms with Gasteiger partial charge in [-0.05, 0) is 48.7 Å². The molecule has 134 valence electrons. The van der Waals surface area contributed by atoms with Crippen molar-refractivity contribution in [3.05, 3.63) is 54.1 Å². The summed E-state index contributed by atoms with van der Waals surface area (Å²) in [5.41, 5.74) is 1.69. The van der Waals surface area contributed by atoms with Crippen LogP contribution in [0.4, 0.5) is 5.69 Å². The number of rotatable bonds is 3. The molecule has 2 aliphatic heterocycles. The van der Waals surface area contributed by atoms with Crippen LogP contribution >= 0.6 is 11.3 Å². The number of thiophene rings is 1. The van der Waals surface area contributed by atoms with Gasteiger partial charge in [-0.25, -0.2) is 8.42 Å². The third-order valence-corrected chi connectivity index (χ3v) is 8.00. The first-order valence-corrected chi connectivity index (χ1v) is 10.9. The fraction of sp³-hybridized carbons (Fsp3) is 0.263. The molecule has 26 heavy (non-hydrogen) atoms. The van der Waals surface area contributed by atoms with Crippen LogP contribution in [-0.2, 0) is 10.0 Å². The predicted molar refractivity (Wildman–Crippen MR) is 104 cm³/mol. The molecule has 2 unspecified atom stereocenters. The number of nitrogens with one attached hydrogen (secondary N) is 2. The first-order chi connectivity index (χ1) is 12.6. The molecule has 2 aromatic carbocycles. The summed E-state index contributed by atoms with van der Waals surface area (Å²) < 4.78 is 35.6. The molecule has 7 heteroatoms. The van der Waals surface area contributed by atoms with E-state index in [0.29, 0.717) is 15.8 Å². The van der Waals surface area contributed by atoms with E-state index in [1.165, 1.54) is 11.3 Å². The van der Waals surface area contributed by atoms with Crippen molar-refractivity contribution in [1.82, 2.24) is 5.32 Å². The van der Waals surface area contributed by atoms with E-state index in [0.717, 1.165) is 40.9 Å². The summed E-state index contributed by atoms with van der Waals surface area (Å²) in [5, 5.41) is 4.29. The van der Waals surface area contributed by atoms with Crippen LogP contribution in [0.2, 0.25) is 0 Å². The van der Waals surface area contributed by atoms with E-state index in [-0.39, 0.29) is 6.10 Å². The number of sulfonamides is 1. The van der Waals surface area contributed by atoms with Crippen LogP contribution < -0.4 is 14.8 Å². The molecule has 0 bridgehead atoms. The van der Waals surface area contributed by atoms with Gasteiger partial charge in [-0.3, -0.25) is 4.72 Å². The fourth-order valence-electron chi connectivity index (χ4n) is 3.78. The second-order valence-corrected chi connectivity index (χ2v) is 9.71. The molecule has 1 fully saturated rings. The van der Waals surface area contributed by atoms with Gasteiger partial charge >= 0.3 is 0 Å². The Morgan fingerprint density at radius 2 is 2.04 bits per heavy atom. The molecule has 2 aliphatic rings. The first kappa shape index (κ1) is 16.1. The molecule has 2 N–H and O–H groups in total. The lowest BCUT2D eigenvalue weighted by molar-refractivity contribution is 0.177. The summed E-state index contributed by atoms with van der Waals surface area (Å²) in [4.78, 5) is 0. The molecule has 1 aromatic heterocycles. The smallest absolute Gasteiger partial charge is 0.271 e. The van der Waals surface area contributed by atoms with Gasteiger partial charge in [-0.15, -0.1) is 11.3 Å². The Labute approximate surface area is 156 Å². The van der Waals surface area contributed by atoms with Crippen molar-refractivity contribution in [1.29, 1.82) is 0 Å². The highest BCUT2D eigenvalue weighted by Crippen LogP contribution is 2.42. The van der Waals surface area contributed by atoms with Gasteiger partial charge in [0.15, 0.2) is 0 Å².